The van der Waals surface area contributed by atoms with E-state index in [2.05, 4.69) is 29.6 Å². The molecule has 1 aliphatic carbocycles. The van der Waals surface area contributed by atoms with Crippen molar-refractivity contribution in [3.8, 4) is 11.1 Å². The van der Waals surface area contributed by atoms with Crippen LogP contribution in [0.5, 0.6) is 0 Å². The molecule has 6 nitrogen and oxygen atoms in total. The Bertz CT molecular complexity index is 1100. The molecule has 3 N–H and O–H groups in total. The average molecular weight is 431 g/mol. The van der Waals surface area contributed by atoms with E-state index in [1.165, 1.54) is 29.4 Å². The summed E-state index contributed by atoms with van der Waals surface area (Å²) in [6.45, 7) is 0.759. The van der Waals surface area contributed by atoms with Crippen LogP contribution in [0.4, 0.5) is 10.5 Å². The summed E-state index contributed by atoms with van der Waals surface area (Å²) in [5.74, 6) is -0.416. The second-order valence-corrected chi connectivity index (χ2v) is 7.77. The Labute approximate surface area is 187 Å². The highest BCUT2D eigenvalue weighted by Crippen LogP contribution is 2.44. The maximum absolute atomic E-state index is 12.3. The number of anilines is 1. The molecule has 164 valence electrons. The predicted molar refractivity (Wildman–Crippen MR) is 124 cm³/mol. The molecule has 0 aromatic heterocycles. The van der Waals surface area contributed by atoms with Crippen molar-refractivity contribution < 1.29 is 19.1 Å². The van der Waals surface area contributed by atoms with Gasteiger partial charge in [0.1, 0.15) is 6.61 Å². The first-order valence-corrected chi connectivity index (χ1v) is 10.6. The minimum Gasteiger partial charge on any atom is -0.465 e. The Kier molecular flexibility index (Phi) is 6.40. The van der Waals surface area contributed by atoms with E-state index in [9.17, 15) is 9.59 Å². The van der Waals surface area contributed by atoms with Gasteiger partial charge in [-0.05, 0) is 52.8 Å². The van der Waals surface area contributed by atoms with Gasteiger partial charge in [0.05, 0.1) is 12.7 Å². The number of fused-ring (bicyclic) bond motifs is 3. The van der Waals surface area contributed by atoms with Crippen LogP contribution in [0.15, 0.2) is 66.7 Å². The van der Waals surface area contributed by atoms with Crippen LogP contribution in [0, 0.1) is 0 Å². The lowest BCUT2D eigenvalue weighted by molar-refractivity contribution is 0.0601. The Morgan fingerprint density at radius 2 is 1.62 bits per heavy atom. The van der Waals surface area contributed by atoms with Crippen LogP contribution in [0.3, 0.4) is 0 Å². The molecule has 6 heteroatoms. The quantitative estimate of drug-likeness (QED) is 0.327. The number of hydrogen-bond acceptors (Lipinski definition) is 5. The van der Waals surface area contributed by atoms with Crippen LogP contribution in [0.1, 0.15) is 39.4 Å². The zero-order valence-electron chi connectivity index (χ0n) is 18.0. The van der Waals surface area contributed by atoms with Gasteiger partial charge < -0.3 is 20.5 Å². The minimum absolute atomic E-state index is 0.0414. The van der Waals surface area contributed by atoms with Crippen molar-refractivity contribution in [2.45, 2.75) is 18.8 Å². The van der Waals surface area contributed by atoms with E-state index in [1.54, 1.807) is 12.1 Å². The fraction of sp³-hybridized carbons (Fsp3) is 0.231. The fourth-order valence-electron chi connectivity index (χ4n) is 4.18. The summed E-state index contributed by atoms with van der Waals surface area (Å²) in [7, 11) is 1.33. The van der Waals surface area contributed by atoms with Crippen LogP contribution in [0.2, 0.25) is 0 Å². The van der Waals surface area contributed by atoms with Gasteiger partial charge in [0.2, 0.25) is 0 Å². The fourth-order valence-corrected chi connectivity index (χ4v) is 4.18. The summed E-state index contributed by atoms with van der Waals surface area (Å²) in [5, 5.41) is 2.81. The van der Waals surface area contributed by atoms with Gasteiger partial charge in [-0.15, -0.1) is 0 Å². The van der Waals surface area contributed by atoms with Gasteiger partial charge in [-0.1, -0.05) is 54.6 Å². The van der Waals surface area contributed by atoms with Crippen LogP contribution < -0.4 is 11.1 Å². The number of carbonyl (C=O) groups excluding carboxylic acids is 2. The summed E-state index contributed by atoms with van der Waals surface area (Å²) < 4.78 is 10.3. The number of nitrogens with one attached hydrogen (secondary N) is 1. The van der Waals surface area contributed by atoms with Gasteiger partial charge in [0, 0.05) is 18.2 Å². The number of ether oxygens (including phenoxy) is 2. The zero-order valence-corrected chi connectivity index (χ0v) is 18.0. The first-order valence-electron chi connectivity index (χ1n) is 10.6. The molecule has 3 aromatic carbocycles. The third kappa shape index (κ3) is 4.44. The molecule has 0 bridgehead atoms. The Morgan fingerprint density at radius 1 is 0.969 bits per heavy atom. The number of carbonyl (C=O) groups is 2. The molecule has 3 aromatic rings. The lowest BCUT2D eigenvalue weighted by Crippen LogP contribution is -2.27. The maximum Gasteiger partial charge on any atom is 0.407 e. The van der Waals surface area contributed by atoms with E-state index >= 15 is 0 Å². The highest BCUT2D eigenvalue weighted by atomic mass is 16.5. The number of methoxy groups -OCH3 is 1. The topological polar surface area (TPSA) is 90.6 Å². The van der Waals surface area contributed by atoms with Crippen molar-refractivity contribution in [3.05, 3.63) is 89.0 Å². The minimum atomic E-state index is -0.457. The number of nitrogens with two attached hydrogens (primary N) is 1. The molecule has 0 spiro atoms. The molecule has 1 amide bonds. The molecule has 0 heterocycles. The molecular weight excluding hydrogens is 404 g/mol. The highest BCUT2D eigenvalue weighted by Gasteiger charge is 2.28. The van der Waals surface area contributed by atoms with Gasteiger partial charge in [0.25, 0.3) is 0 Å². The van der Waals surface area contributed by atoms with E-state index in [-0.39, 0.29) is 5.92 Å². The standard InChI is InChI=1S/C26H26N2O4/c1-31-25(29)22-15-17(12-13-24(22)27)7-6-14-28-26(30)32-16-23-20-10-4-2-8-18(20)19-9-3-5-11-21(19)23/h2-5,8-13,15,23H,6-7,14,16,27H2,1H3,(H,28,30). The lowest BCUT2D eigenvalue weighted by atomic mass is 9.98. The van der Waals surface area contributed by atoms with Crippen molar-refractivity contribution in [3.63, 3.8) is 0 Å². The molecule has 0 fully saturated rings. The van der Waals surface area contributed by atoms with E-state index in [0.29, 0.717) is 37.2 Å². The lowest BCUT2D eigenvalue weighted by Gasteiger charge is -2.14. The molecule has 0 saturated heterocycles. The number of amides is 1. The third-order valence-corrected chi connectivity index (χ3v) is 5.78. The SMILES string of the molecule is COC(=O)c1cc(CCCNC(=O)OCC2c3ccccc3-c3ccccc32)ccc1N. The van der Waals surface area contributed by atoms with Crippen molar-refractivity contribution in [2.75, 3.05) is 26.0 Å². The van der Waals surface area contributed by atoms with Crippen LogP contribution in [-0.4, -0.2) is 32.3 Å². The van der Waals surface area contributed by atoms with Crippen molar-refractivity contribution in [1.82, 2.24) is 5.32 Å². The van der Waals surface area contributed by atoms with Gasteiger partial charge in [-0.25, -0.2) is 9.59 Å². The van der Waals surface area contributed by atoms with Crippen molar-refractivity contribution in [2.24, 2.45) is 0 Å². The number of esters is 1. The summed E-state index contributed by atoms with van der Waals surface area (Å²) in [5.41, 5.74) is 12.3. The first-order chi connectivity index (χ1) is 15.6. The summed E-state index contributed by atoms with van der Waals surface area (Å²) >= 11 is 0. The number of benzene rings is 3. The second kappa shape index (κ2) is 9.56. The Balaban J connectivity index is 1.27. The average Bonchev–Trinajstić information content (AvgIpc) is 3.14. The number of hydrogen-bond donors (Lipinski definition) is 2. The normalized spacial score (nSPS) is 12.0. The van der Waals surface area contributed by atoms with Gasteiger partial charge >= 0.3 is 12.1 Å². The monoisotopic (exact) mass is 430 g/mol. The predicted octanol–water partition coefficient (Wildman–Crippen LogP) is 4.53. The molecule has 0 atom stereocenters. The Hall–Kier alpha value is -3.80. The molecule has 0 radical (unpaired) electrons. The number of rotatable bonds is 7. The molecular formula is C26H26N2O4. The van der Waals surface area contributed by atoms with Crippen LogP contribution in [0.25, 0.3) is 11.1 Å². The molecule has 4 rings (SSSR count). The molecule has 32 heavy (non-hydrogen) atoms. The van der Waals surface area contributed by atoms with Crippen LogP contribution in [-0.2, 0) is 15.9 Å². The first kappa shape index (κ1) is 21.4. The second-order valence-electron chi connectivity index (χ2n) is 7.77. The summed E-state index contributed by atoms with van der Waals surface area (Å²) in [6, 6.07) is 21.8. The molecule has 0 unspecified atom stereocenters. The largest absolute Gasteiger partial charge is 0.465 e. The number of aryl methyl sites for hydroxylation is 1. The van der Waals surface area contributed by atoms with Gasteiger partial charge in [-0.2, -0.15) is 0 Å². The molecule has 0 aliphatic heterocycles. The van der Waals surface area contributed by atoms with E-state index in [4.69, 9.17) is 15.2 Å². The Morgan fingerprint density at radius 3 is 2.28 bits per heavy atom. The van der Waals surface area contributed by atoms with E-state index in [1.807, 2.05) is 30.3 Å². The van der Waals surface area contributed by atoms with E-state index in [0.717, 1.165) is 5.56 Å². The van der Waals surface area contributed by atoms with Crippen molar-refractivity contribution in [1.29, 1.82) is 0 Å². The number of nitrogen functional groups attached to an aromatic ring is 1. The van der Waals surface area contributed by atoms with Crippen molar-refractivity contribution >= 4 is 17.7 Å². The van der Waals surface area contributed by atoms with Crippen LogP contribution >= 0.6 is 0 Å². The smallest absolute Gasteiger partial charge is 0.407 e. The molecule has 1 aliphatic rings. The number of alkyl carbamates (subject to hydrolysis) is 1. The third-order valence-electron chi connectivity index (χ3n) is 5.78. The maximum atomic E-state index is 12.3. The van der Waals surface area contributed by atoms with E-state index < -0.39 is 12.1 Å². The summed E-state index contributed by atoms with van der Waals surface area (Å²) in [6.07, 6.45) is 0.960. The highest BCUT2D eigenvalue weighted by molar-refractivity contribution is 5.95. The van der Waals surface area contributed by atoms with Gasteiger partial charge in [-0.3, -0.25) is 0 Å². The van der Waals surface area contributed by atoms with Gasteiger partial charge in [0.15, 0.2) is 0 Å². The zero-order chi connectivity index (χ0) is 22.5. The molecule has 0 saturated carbocycles. The summed E-state index contributed by atoms with van der Waals surface area (Å²) in [4.78, 5) is 24.0.